The van der Waals surface area contributed by atoms with Crippen molar-refractivity contribution in [2.24, 2.45) is 5.92 Å². The van der Waals surface area contributed by atoms with Crippen LogP contribution in [0.5, 0.6) is 5.75 Å². The first-order valence-corrected chi connectivity index (χ1v) is 14.3. The van der Waals surface area contributed by atoms with E-state index in [2.05, 4.69) is 10.0 Å². The van der Waals surface area contributed by atoms with Crippen molar-refractivity contribution in [1.82, 2.24) is 10.2 Å². The van der Waals surface area contributed by atoms with Gasteiger partial charge in [0, 0.05) is 18.8 Å². The van der Waals surface area contributed by atoms with Crippen LogP contribution >= 0.6 is 0 Å². The number of nitrogens with zero attached hydrogens (tertiary/aromatic N) is 1. The van der Waals surface area contributed by atoms with Gasteiger partial charge in [0.1, 0.15) is 23.4 Å². The fourth-order valence-electron chi connectivity index (χ4n) is 3.68. The lowest BCUT2D eigenvalue weighted by atomic mass is 10.1. The third-order valence-corrected chi connectivity index (χ3v) is 7.44. The number of anilines is 1. The summed E-state index contributed by atoms with van der Waals surface area (Å²) in [6.07, 6.45) is 0.790. The number of halogens is 2. The molecule has 0 fully saturated rings. The van der Waals surface area contributed by atoms with Crippen molar-refractivity contribution < 1.29 is 31.5 Å². The van der Waals surface area contributed by atoms with Crippen LogP contribution in [-0.4, -0.2) is 44.3 Å². The minimum atomic E-state index is -3.93. The van der Waals surface area contributed by atoms with E-state index in [1.165, 1.54) is 53.4 Å². The third kappa shape index (κ3) is 9.04. The average Bonchev–Trinajstić information content (AvgIpc) is 2.92. The number of ether oxygens (including phenoxy) is 1. The monoisotopic (exact) mass is 573 g/mol. The van der Waals surface area contributed by atoms with Crippen LogP contribution in [0.2, 0.25) is 0 Å². The molecule has 0 radical (unpaired) electrons. The van der Waals surface area contributed by atoms with Gasteiger partial charge in [0.2, 0.25) is 5.91 Å². The second-order valence-corrected chi connectivity index (χ2v) is 11.4. The summed E-state index contributed by atoms with van der Waals surface area (Å²) in [5, 5.41) is 2.84. The van der Waals surface area contributed by atoms with E-state index in [-0.39, 0.29) is 28.8 Å². The normalized spacial score (nSPS) is 12.1. The van der Waals surface area contributed by atoms with Crippen LogP contribution in [0.1, 0.15) is 32.8 Å². The first-order chi connectivity index (χ1) is 18.9. The van der Waals surface area contributed by atoms with Crippen LogP contribution in [0, 0.1) is 17.6 Å². The zero-order valence-corrected chi connectivity index (χ0v) is 23.4. The van der Waals surface area contributed by atoms with Crippen molar-refractivity contribution in [1.29, 1.82) is 0 Å². The maximum atomic E-state index is 13.4. The summed E-state index contributed by atoms with van der Waals surface area (Å²) >= 11 is 0. The van der Waals surface area contributed by atoms with Crippen LogP contribution in [-0.2, 0) is 26.2 Å². The molecule has 0 bridgehead atoms. The highest BCUT2D eigenvalue weighted by molar-refractivity contribution is 7.92. The molecule has 0 aliphatic rings. The number of amides is 2. The van der Waals surface area contributed by atoms with E-state index in [0.29, 0.717) is 18.0 Å². The third-order valence-electron chi connectivity index (χ3n) is 6.05. The van der Waals surface area contributed by atoms with Gasteiger partial charge in [-0.15, -0.1) is 0 Å². The number of hydrogen-bond acceptors (Lipinski definition) is 5. The van der Waals surface area contributed by atoms with Crippen LogP contribution in [0.3, 0.4) is 0 Å². The Hall–Kier alpha value is -3.99. The molecule has 2 amide bonds. The molecule has 40 heavy (non-hydrogen) atoms. The number of nitrogens with one attached hydrogen (secondary N) is 2. The minimum Gasteiger partial charge on any atom is -0.484 e. The molecule has 0 spiro atoms. The molecule has 0 heterocycles. The number of benzene rings is 3. The molecule has 3 aromatic carbocycles. The molecule has 0 saturated carbocycles. The lowest BCUT2D eigenvalue weighted by Gasteiger charge is -2.29. The van der Waals surface area contributed by atoms with Crippen molar-refractivity contribution in [2.45, 2.75) is 44.7 Å². The van der Waals surface area contributed by atoms with Crippen LogP contribution in [0.4, 0.5) is 14.5 Å². The molecule has 0 aliphatic carbocycles. The summed E-state index contributed by atoms with van der Waals surface area (Å²) in [7, 11) is -3.93. The van der Waals surface area contributed by atoms with Gasteiger partial charge in [0.25, 0.3) is 15.9 Å². The van der Waals surface area contributed by atoms with E-state index < -0.39 is 40.2 Å². The zero-order chi connectivity index (χ0) is 29.3. The highest BCUT2D eigenvalue weighted by Crippen LogP contribution is 2.20. The maximum absolute atomic E-state index is 13.4. The van der Waals surface area contributed by atoms with Gasteiger partial charge in [-0.25, -0.2) is 17.2 Å². The summed E-state index contributed by atoms with van der Waals surface area (Å²) in [5.74, 6) is -1.06. The standard InChI is InChI=1S/C29H33F2N3O5S/c1-20(2)16-17-32-29(36)21(3)34(18-22-4-6-23(30)7-5-22)28(35)19-39-26-12-14-27(15-13-26)40(37,38)33-25-10-8-24(31)9-11-25/h4-15,20-21,33H,16-19H2,1-3H3,(H,32,36). The molecule has 0 aliphatic heterocycles. The van der Waals surface area contributed by atoms with Crippen molar-refractivity contribution in [2.75, 3.05) is 17.9 Å². The predicted molar refractivity (Wildman–Crippen MR) is 148 cm³/mol. The molecule has 1 atom stereocenters. The van der Waals surface area contributed by atoms with Gasteiger partial charge in [-0.05, 0) is 85.5 Å². The number of carbonyl (C=O) groups excluding carboxylic acids is 2. The molecule has 2 N–H and O–H groups in total. The molecular formula is C29H33F2N3O5S. The Kier molecular flexibility index (Phi) is 10.6. The highest BCUT2D eigenvalue weighted by atomic mass is 32.2. The first kappa shape index (κ1) is 30.6. The van der Waals surface area contributed by atoms with Crippen molar-refractivity contribution >= 4 is 27.5 Å². The lowest BCUT2D eigenvalue weighted by Crippen LogP contribution is -2.49. The maximum Gasteiger partial charge on any atom is 0.261 e. The number of hydrogen-bond donors (Lipinski definition) is 2. The molecule has 0 saturated heterocycles. The van der Waals surface area contributed by atoms with Crippen LogP contribution in [0.25, 0.3) is 0 Å². The molecule has 11 heteroatoms. The smallest absolute Gasteiger partial charge is 0.261 e. The van der Waals surface area contributed by atoms with Crippen LogP contribution in [0.15, 0.2) is 77.7 Å². The summed E-state index contributed by atoms with van der Waals surface area (Å²) in [4.78, 5) is 27.3. The SMILES string of the molecule is CC(C)CCNC(=O)C(C)N(Cc1ccc(F)cc1)C(=O)COc1ccc(S(=O)(=O)Nc2ccc(F)cc2)cc1. The molecule has 3 rings (SSSR count). The molecule has 8 nitrogen and oxygen atoms in total. The largest absolute Gasteiger partial charge is 0.484 e. The fourth-order valence-corrected chi connectivity index (χ4v) is 4.73. The predicted octanol–water partition coefficient (Wildman–Crippen LogP) is 4.72. The van der Waals surface area contributed by atoms with E-state index in [4.69, 9.17) is 4.74 Å². The first-order valence-electron chi connectivity index (χ1n) is 12.8. The summed E-state index contributed by atoms with van der Waals surface area (Å²) in [6, 6.07) is 15.1. The molecule has 214 valence electrons. The average molecular weight is 574 g/mol. The van der Waals surface area contributed by atoms with Crippen molar-refractivity contribution in [3.63, 3.8) is 0 Å². The Morgan fingerprint density at radius 3 is 2.02 bits per heavy atom. The van der Waals surface area contributed by atoms with Gasteiger partial charge in [0.05, 0.1) is 4.90 Å². The van der Waals surface area contributed by atoms with E-state index >= 15 is 0 Å². The quantitative estimate of drug-likeness (QED) is 0.308. The summed E-state index contributed by atoms with van der Waals surface area (Å²) in [5.41, 5.74) is 0.843. The van der Waals surface area contributed by atoms with Crippen LogP contribution < -0.4 is 14.8 Å². The molecule has 0 aromatic heterocycles. The second kappa shape index (κ2) is 13.9. The Bertz CT molecular complexity index is 1380. The Labute approximate surface area is 233 Å². The molecular weight excluding hydrogens is 540 g/mol. The van der Waals surface area contributed by atoms with Crippen molar-refractivity contribution in [3.8, 4) is 5.75 Å². The fraction of sp³-hybridized carbons (Fsp3) is 0.310. The van der Waals surface area contributed by atoms with E-state index in [0.717, 1.165) is 18.6 Å². The Morgan fingerprint density at radius 2 is 1.45 bits per heavy atom. The van der Waals surface area contributed by atoms with E-state index in [1.807, 2.05) is 13.8 Å². The second-order valence-electron chi connectivity index (χ2n) is 9.67. The minimum absolute atomic E-state index is 0.0554. The number of sulfonamides is 1. The van der Waals surface area contributed by atoms with Gasteiger partial charge < -0.3 is 15.0 Å². The Balaban J connectivity index is 1.67. The summed E-state index contributed by atoms with van der Waals surface area (Å²) in [6.45, 7) is 5.82. The van der Waals surface area contributed by atoms with Gasteiger partial charge in [-0.1, -0.05) is 26.0 Å². The number of rotatable bonds is 13. The van der Waals surface area contributed by atoms with E-state index in [9.17, 15) is 26.8 Å². The molecule has 1 unspecified atom stereocenters. The molecule has 3 aromatic rings. The highest BCUT2D eigenvalue weighted by Gasteiger charge is 2.26. The van der Waals surface area contributed by atoms with Gasteiger partial charge >= 0.3 is 0 Å². The van der Waals surface area contributed by atoms with E-state index in [1.54, 1.807) is 19.1 Å². The topological polar surface area (TPSA) is 105 Å². The van der Waals surface area contributed by atoms with Crippen molar-refractivity contribution in [3.05, 3.63) is 90.0 Å². The van der Waals surface area contributed by atoms with Gasteiger partial charge in [0.15, 0.2) is 6.61 Å². The van der Waals surface area contributed by atoms with Gasteiger partial charge in [-0.2, -0.15) is 0 Å². The Morgan fingerprint density at radius 1 is 0.875 bits per heavy atom. The zero-order valence-electron chi connectivity index (χ0n) is 22.6. The number of carbonyl (C=O) groups is 2. The lowest BCUT2D eigenvalue weighted by molar-refractivity contribution is -0.142. The summed E-state index contributed by atoms with van der Waals surface area (Å²) < 4.78 is 59.7. The van der Waals surface area contributed by atoms with Gasteiger partial charge in [-0.3, -0.25) is 14.3 Å².